The van der Waals surface area contributed by atoms with Crippen LogP contribution in [0.2, 0.25) is 0 Å². The molecule has 0 aliphatic carbocycles. The predicted molar refractivity (Wildman–Crippen MR) is 105 cm³/mol. The first-order chi connectivity index (χ1) is 12.5. The Hall–Kier alpha value is -3.21. The summed E-state index contributed by atoms with van der Waals surface area (Å²) in [5.74, 6) is 1.35. The molecule has 0 radical (unpaired) electrons. The molecular weight excluding hydrogens is 324 g/mol. The molecule has 0 unspecified atom stereocenters. The first kappa shape index (κ1) is 17.6. The average molecular weight is 346 g/mol. The number of aryl methyl sites for hydroxylation is 1. The molecule has 0 saturated heterocycles. The molecule has 0 spiro atoms. The Kier molecular flexibility index (Phi) is 5.27. The van der Waals surface area contributed by atoms with Crippen LogP contribution in [-0.4, -0.2) is 15.9 Å². The maximum atomic E-state index is 12.5. The van der Waals surface area contributed by atoms with Gasteiger partial charge in [-0.05, 0) is 42.7 Å². The third-order valence-corrected chi connectivity index (χ3v) is 3.95. The van der Waals surface area contributed by atoms with E-state index < -0.39 is 0 Å². The number of para-hydroxylation sites is 1. The van der Waals surface area contributed by atoms with E-state index in [1.807, 2.05) is 42.5 Å². The van der Waals surface area contributed by atoms with Gasteiger partial charge < -0.3 is 10.6 Å². The Labute approximate surface area is 153 Å². The van der Waals surface area contributed by atoms with Gasteiger partial charge in [0.25, 0.3) is 5.91 Å². The van der Waals surface area contributed by atoms with E-state index in [0.717, 1.165) is 11.4 Å². The topological polar surface area (TPSA) is 66.9 Å². The summed E-state index contributed by atoms with van der Waals surface area (Å²) in [6, 6.07) is 19.2. The molecule has 26 heavy (non-hydrogen) atoms. The lowest BCUT2D eigenvalue weighted by molar-refractivity contribution is 0.102. The number of hydrogen-bond donors (Lipinski definition) is 2. The third kappa shape index (κ3) is 4.45. The highest BCUT2D eigenvalue weighted by Crippen LogP contribution is 2.20. The van der Waals surface area contributed by atoms with Crippen molar-refractivity contribution < 1.29 is 4.79 Å². The van der Waals surface area contributed by atoms with Gasteiger partial charge in [-0.25, -0.2) is 9.97 Å². The summed E-state index contributed by atoms with van der Waals surface area (Å²) in [6.45, 7) is 6.09. The largest absolute Gasteiger partial charge is 0.340 e. The number of aromatic nitrogens is 2. The van der Waals surface area contributed by atoms with Crippen LogP contribution in [0.25, 0.3) is 0 Å². The van der Waals surface area contributed by atoms with Crippen LogP contribution >= 0.6 is 0 Å². The van der Waals surface area contributed by atoms with Gasteiger partial charge in [-0.15, -0.1) is 0 Å². The van der Waals surface area contributed by atoms with E-state index in [2.05, 4.69) is 46.6 Å². The second kappa shape index (κ2) is 7.78. The quantitative estimate of drug-likeness (QED) is 0.689. The lowest BCUT2D eigenvalue weighted by atomic mass is 10.0. The molecule has 2 N–H and O–H groups in total. The van der Waals surface area contributed by atoms with Crippen molar-refractivity contribution in [2.24, 2.45) is 0 Å². The molecule has 0 aliphatic rings. The van der Waals surface area contributed by atoms with Gasteiger partial charge in [0.15, 0.2) is 0 Å². The van der Waals surface area contributed by atoms with Crippen molar-refractivity contribution in [3.05, 3.63) is 77.7 Å². The Morgan fingerprint density at radius 2 is 1.62 bits per heavy atom. The van der Waals surface area contributed by atoms with Crippen LogP contribution in [0.1, 0.15) is 41.6 Å². The third-order valence-electron chi connectivity index (χ3n) is 3.95. The molecule has 0 aliphatic heterocycles. The predicted octanol–water partition coefficient (Wildman–Crippen LogP) is 4.90. The Bertz CT molecular complexity index is 890. The smallest absolute Gasteiger partial charge is 0.274 e. The van der Waals surface area contributed by atoms with E-state index in [-0.39, 0.29) is 5.91 Å². The van der Waals surface area contributed by atoms with Crippen LogP contribution in [0.15, 0.2) is 60.7 Å². The van der Waals surface area contributed by atoms with Crippen molar-refractivity contribution in [3.63, 3.8) is 0 Å². The normalized spacial score (nSPS) is 10.6. The molecule has 5 nitrogen and oxygen atoms in total. The van der Waals surface area contributed by atoms with Crippen LogP contribution in [0.5, 0.6) is 0 Å². The summed E-state index contributed by atoms with van der Waals surface area (Å²) in [7, 11) is 0. The summed E-state index contributed by atoms with van der Waals surface area (Å²) in [6.07, 6.45) is 0. The number of carbonyl (C=O) groups is 1. The van der Waals surface area contributed by atoms with Crippen molar-refractivity contribution in [1.29, 1.82) is 0 Å². The van der Waals surface area contributed by atoms with Crippen LogP contribution < -0.4 is 10.6 Å². The molecule has 1 aromatic heterocycles. The highest BCUT2D eigenvalue weighted by Gasteiger charge is 2.11. The standard InChI is InChI=1S/C21H22N4O/c1-14(2)16-9-11-18(12-10-16)24-20-13-19(22-15(3)23-20)21(26)25-17-7-5-4-6-8-17/h4-14H,1-3H3,(H,25,26)(H,22,23,24). The number of nitrogens with zero attached hydrogens (tertiary/aromatic N) is 2. The number of amides is 1. The highest BCUT2D eigenvalue weighted by atomic mass is 16.1. The van der Waals surface area contributed by atoms with Crippen molar-refractivity contribution in [3.8, 4) is 0 Å². The molecular formula is C21H22N4O. The number of nitrogens with one attached hydrogen (secondary N) is 2. The molecule has 0 saturated carbocycles. The Morgan fingerprint density at radius 3 is 2.27 bits per heavy atom. The second-order valence-corrected chi connectivity index (χ2v) is 6.41. The fourth-order valence-corrected chi connectivity index (χ4v) is 2.56. The van der Waals surface area contributed by atoms with Crippen molar-refractivity contribution in [1.82, 2.24) is 9.97 Å². The van der Waals surface area contributed by atoms with Gasteiger partial charge in [0.1, 0.15) is 17.3 Å². The van der Waals surface area contributed by atoms with E-state index in [4.69, 9.17) is 0 Å². The van der Waals surface area contributed by atoms with Gasteiger partial charge >= 0.3 is 0 Å². The van der Waals surface area contributed by atoms with E-state index in [9.17, 15) is 4.79 Å². The zero-order valence-corrected chi connectivity index (χ0v) is 15.2. The number of carbonyl (C=O) groups excluding carboxylic acids is 1. The van der Waals surface area contributed by atoms with Gasteiger partial charge in [0.2, 0.25) is 0 Å². The first-order valence-electron chi connectivity index (χ1n) is 8.60. The van der Waals surface area contributed by atoms with Gasteiger partial charge in [-0.1, -0.05) is 44.2 Å². The second-order valence-electron chi connectivity index (χ2n) is 6.41. The van der Waals surface area contributed by atoms with E-state index in [1.165, 1.54) is 5.56 Å². The maximum absolute atomic E-state index is 12.5. The highest BCUT2D eigenvalue weighted by molar-refractivity contribution is 6.03. The fourth-order valence-electron chi connectivity index (χ4n) is 2.56. The summed E-state index contributed by atoms with van der Waals surface area (Å²) < 4.78 is 0. The molecule has 0 fully saturated rings. The Morgan fingerprint density at radius 1 is 0.923 bits per heavy atom. The van der Waals surface area contributed by atoms with Crippen molar-refractivity contribution in [2.45, 2.75) is 26.7 Å². The van der Waals surface area contributed by atoms with Crippen LogP contribution in [0.4, 0.5) is 17.2 Å². The maximum Gasteiger partial charge on any atom is 0.274 e. The zero-order chi connectivity index (χ0) is 18.5. The minimum absolute atomic E-state index is 0.264. The monoisotopic (exact) mass is 346 g/mol. The SMILES string of the molecule is Cc1nc(Nc2ccc(C(C)C)cc2)cc(C(=O)Nc2ccccc2)n1. The molecule has 1 heterocycles. The molecule has 2 aromatic carbocycles. The van der Waals surface area contributed by atoms with E-state index in [0.29, 0.717) is 23.3 Å². The lowest BCUT2D eigenvalue weighted by Gasteiger charge is -2.11. The summed E-state index contributed by atoms with van der Waals surface area (Å²) >= 11 is 0. The van der Waals surface area contributed by atoms with Crippen LogP contribution in [-0.2, 0) is 0 Å². The van der Waals surface area contributed by atoms with Gasteiger partial charge in [-0.2, -0.15) is 0 Å². The van der Waals surface area contributed by atoms with Crippen LogP contribution in [0.3, 0.4) is 0 Å². The molecule has 3 aromatic rings. The number of rotatable bonds is 5. The molecule has 132 valence electrons. The van der Waals surface area contributed by atoms with Gasteiger partial charge in [0.05, 0.1) is 0 Å². The molecule has 1 amide bonds. The van der Waals surface area contributed by atoms with E-state index in [1.54, 1.807) is 13.0 Å². The molecule has 5 heteroatoms. The van der Waals surface area contributed by atoms with Crippen LogP contribution in [0, 0.1) is 6.92 Å². The Balaban J connectivity index is 1.77. The number of hydrogen-bond acceptors (Lipinski definition) is 4. The van der Waals surface area contributed by atoms with Gasteiger partial charge in [0, 0.05) is 17.4 Å². The first-order valence-corrected chi connectivity index (χ1v) is 8.60. The minimum atomic E-state index is -0.264. The molecule has 3 rings (SSSR count). The number of benzene rings is 2. The zero-order valence-electron chi connectivity index (χ0n) is 15.2. The summed E-state index contributed by atoms with van der Waals surface area (Å²) in [5, 5.41) is 6.08. The van der Waals surface area contributed by atoms with Crippen molar-refractivity contribution >= 4 is 23.1 Å². The average Bonchev–Trinajstić information content (AvgIpc) is 2.62. The van der Waals surface area contributed by atoms with Gasteiger partial charge in [-0.3, -0.25) is 4.79 Å². The fraction of sp³-hybridized carbons (Fsp3) is 0.190. The summed E-state index contributed by atoms with van der Waals surface area (Å²) in [5.41, 5.74) is 3.24. The minimum Gasteiger partial charge on any atom is -0.340 e. The van der Waals surface area contributed by atoms with E-state index >= 15 is 0 Å². The summed E-state index contributed by atoms with van der Waals surface area (Å²) in [4.78, 5) is 21.1. The van der Waals surface area contributed by atoms with Crippen molar-refractivity contribution in [2.75, 3.05) is 10.6 Å². The molecule has 0 atom stereocenters. The lowest BCUT2D eigenvalue weighted by Crippen LogP contribution is -2.15. The molecule has 0 bridgehead atoms. The number of anilines is 3.